The largest absolute Gasteiger partial charge is 0.480 e. The molecule has 1 heterocycles. The van der Waals surface area contributed by atoms with Crippen LogP contribution in [0.2, 0.25) is 0 Å². The van der Waals surface area contributed by atoms with Crippen LogP contribution < -0.4 is 0 Å². The third kappa shape index (κ3) is 2.92. The molecular formula is C11H21NO3. The third-order valence-electron chi connectivity index (χ3n) is 3.05. The van der Waals surface area contributed by atoms with Gasteiger partial charge in [-0.2, -0.15) is 0 Å². The van der Waals surface area contributed by atoms with Crippen LogP contribution in [0.3, 0.4) is 0 Å². The number of carboxylic acids is 1. The van der Waals surface area contributed by atoms with Crippen molar-refractivity contribution < 1.29 is 14.6 Å². The van der Waals surface area contributed by atoms with Crippen LogP contribution in [-0.2, 0) is 9.53 Å². The molecule has 15 heavy (non-hydrogen) atoms. The maximum Gasteiger partial charge on any atom is 0.320 e. The van der Waals surface area contributed by atoms with E-state index in [4.69, 9.17) is 9.84 Å². The Kier molecular flexibility index (Phi) is 4.54. The highest BCUT2D eigenvalue weighted by Gasteiger charge is 2.33. The number of ether oxygens (including phenoxy) is 1. The van der Waals surface area contributed by atoms with Crippen LogP contribution in [0.15, 0.2) is 0 Å². The zero-order chi connectivity index (χ0) is 11.4. The van der Waals surface area contributed by atoms with Crippen molar-refractivity contribution in [1.29, 1.82) is 0 Å². The maximum atomic E-state index is 11.1. The summed E-state index contributed by atoms with van der Waals surface area (Å²) in [7, 11) is 0. The Hall–Kier alpha value is -0.610. The quantitative estimate of drug-likeness (QED) is 0.769. The summed E-state index contributed by atoms with van der Waals surface area (Å²) in [6.07, 6.45) is 1.73. The summed E-state index contributed by atoms with van der Waals surface area (Å²) in [5, 5.41) is 9.14. The van der Waals surface area contributed by atoms with Gasteiger partial charge in [-0.25, -0.2) is 0 Å². The maximum absolute atomic E-state index is 11.1. The lowest BCUT2D eigenvalue weighted by Gasteiger charge is -2.41. The Morgan fingerprint density at radius 2 is 2.27 bits per heavy atom. The van der Waals surface area contributed by atoms with Gasteiger partial charge < -0.3 is 9.84 Å². The van der Waals surface area contributed by atoms with E-state index < -0.39 is 5.97 Å². The first-order valence-electron chi connectivity index (χ1n) is 5.70. The molecule has 1 aliphatic rings. The molecule has 3 unspecified atom stereocenters. The number of hydrogen-bond donors (Lipinski definition) is 1. The molecule has 1 saturated heterocycles. The van der Waals surface area contributed by atoms with Crippen LogP contribution in [0.25, 0.3) is 0 Å². The smallest absolute Gasteiger partial charge is 0.320 e. The summed E-state index contributed by atoms with van der Waals surface area (Å²) in [5.74, 6) is -0.718. The lowest BCUT2D eigenvalue weighted by atomic mass is 10.1. The number of hydrogen-bond acceptors (Lipinski definition) is 3. The van der Waals surface area contributed by atoms with E-state index in [2.05, 4.69) is 11.8 Å². The first-order valence-corrected chi connectivity index (χ1v) is 5.70. The summed E-state index contributed by atoms with van der Waals surface area (Å²) in [5.41, 5.74) is 0. The zero-order valence-corrected chi connectivity index (χ0v) is 9.77. The van der Waals surface area contributed by atoms with Crippen LogP contribution in [0.4, 0.5) is 0 Å². The van der Waals surface area contributed by atoms with Crippen LogP contribution in [-0.4, -0.2) is 47.3 Å². The van der Waals surface area contributed by atoms with E-state index in [9.17, 15) is 4.79 Å². The standard InChI is InChI=1S/C11H21NO3/c1-4-9-7-15-8(3)6-12(9)10(5-2)11(13)14/h8-10H,4-7H2,1-3H3,(H,13,14). The Balaban J connectivity index is 2.72. The van der Waals surface area contributed by atoms with E-state index in [1.165, 1.54) is 0 Å². The van der Waals surface area contributed by atoms with Crippen molar-refractivity contribution >= 4 is 5.97 Å². The first-order chi connectivity index (χ1) is 7.10. The Bertz CT molecular complexity index is 220. The molecule has 1 rings (SSSR count). The van der Waals surface area contributed by atoms with Gasteiger partial charge in [0.05, 0.1) is 12.7 Å². The van der Waals surface area contributed by atoms with Gasteiger partial charge in [-0.3, -0.25) is 9.69 Å². The number of carboxylic acid groups (broad SMARTS) is 1. The van der Waals surface area contributed by atoms with Gasteiger partial charge in [0.25, 0.3) is 0 Å². The SMILES string of the molecule is CCC1COC(C)CN1C(CC)C(=O)O. The van der Waals surface area contributed by atoms with E-state index in [0.29, 0.717) is 13.0 Å². The third-order valence-corrected chi connectivity index (χ3v) is 3.05. The lowest BCUT2D eigenvalue weighted by molar-refractivity contribution is -0.150. The van der Waals surface area contributed by atoms with Crippen LogP contribution in [0, 0.1) is 0 Å². The number of nitrogens with zero attached hydrogens (tertiary/aromatic N) is 1. The first kappa shape index (κ1) is 12.5. The van der Waals surface area contributed by atoms with Crippen LogP contribution in [0.1, 0.15) is 33.6 Å². The Morgan fingerprint density at radius 1 is 1.60 bits per heavy atom. The van der Waals surface area contributed by atoms with E-state index in [-0.39, 0.29) is 18.2 Å². The molecule has 88 valence electrons. The minimum absolute atomic E-state index is 0.140. The van der Waals surface area contributed by atoms with E-state index in [0.717, 1.165) is 13.0 Å². The molecule has 0 aliphatic carbocycles. The summed E-state index contributed by atoms with van der Waals surface area (Å²) in [4.78, 5) is 13.2. The second-order valence-electron chi connectivity index (χ2n) is 4.17. The van der Waals surface area contributed by atoms with E-state index >= 15 is 0 Å². The predicted octanol–water partition coefficient (Wildman–Crippen LogP) is 1.35. The average Bonchev–Trinajstić information content (AvgIpc) is 2.18. The molecule has 0 saturated carbocycles. The lowest BCUT2D eigenvalue weighted by Crippen LogP contribution is -2.55. The molecule has 4 heteroatoms. The molecule has 1 N–H and O–H groups in total. The molecule has 0 bridgehead atoms. The van der Waals surface area contributed by atoms with Crippen molar-refractivity contribution in [3.8, 4) is 0 Å². The van der Waals surface area contributed by atoms with Gasteiger partial charge in [-0.1, -0.05) is 13.8 Å². The Labute approximate surface area is 91.2 Å². The summed E-state index contributed by atoms with van der Waals surface area (Å²) in [6.45, 7) is 7.37. The molecule has 0 aromatic heterocycles. The number of aliphatic carboxylic acids is 1. The molecule has 3 atom stereocenters. The van der Waals surface area contributed by atoms with Crippen LogP contribution >= 0.6 is 0 Å². The topological polar surface area (TPSA) is 49.8 Å². The highest BCUT2D eigenvalue weighted by Crippen LogP contribution is 2.19. The molecule has 4 nitrogen and oxygen atoms in total. The molecular weight excluding hydrogens is 194 g/mol. The average molecular weight is 215 g/mol. The molecule has 0 amide bonds. The van der Waals surface area contributed by atoms with Crippen LogP contribution in [0.5, 0.6) is 0 Å². The molecule has 0 radical (unpaired) electrons. The van der Waals surface area contributed by atoms with Gasteiger partial charge >= 0.3 is 5.97 Å². The summed E-state index contributed by atoms with van der Waals surface area (Å²) < 4.78 is 5.55. The Morgan fingerprint density at radius 3 is 2.73 bits per heavy atom. The summed E-state index contributed by atoms with van der Waals surface area (Å²) >= 11 is 0. The van der Waals surface area contributed by atoms with Gasteiger partial charge in [0.2, 0.25) is 0 Å². The molecule has 0 aromatic carbocycles. The fourth-order valence-electron chi connectivity index (χ4n) is 2.15. The molecule has 0 aromatic rings. The van der Waals surface area contributed by atoms with Crippen molar-refractivity contribution in [3.63, 3.8) is 0 Å². The van der Waals surface area contributed by atoms with E-state index in [1.54, 1.807) is 0 Å². The van der Waals surface area contributed by atoms with Crippen molar-refractivity contribution in [2.24, 2.45) is 0 Å². The molecule has 1 fully saturated rings. The fraction of sp³-hybridized carbons (Fsp3) is 0.909. The predicted molar refractivity (Wildman–Crippen MR) is 57.9 cm³/mol. The van der Waals surface area contributed by atoms with E-state index in [1.807, 2.05) is 13.8 Å². The van der Waals surface area contributed by atoms with Crippen molar-refractivity contribution in [1.82, 2.24) is 4.90 Å². The van der Waals surface area contributed by atoms with Crippen molar-refractivity contribution in [2.75, 3.05) is 13.2 Å². The number of carbonyl (C=O) groups is 1. The van der Waals surface area contributed by atoms with Crippen molar-refractivity contribution in [2.45, 2.75) is 51.8 Å². The fourth-order valence-corrected chi connectivity index (χ4v) is 2.15. The van der Waals surface area contributed by atoms with Gasteiger partial charge in [-0.15, -0.1) is 0 Å². The highest BCUT2D eigenvalue weighted by atomic mass is 16.5. The van der Waals surface area contributed by atoms with Gasteiger partial charge in [0.1, 0.15) is 6.04 Å². The normalized spacial score (nSPS) is 30.1. The van der Waals surface area contributed by atoms with Gasteiger partial charge in [0, 0.05) is 12.6 Å². The minimum atomic E-state index is -0.718. The highest BCUT2D eigenvalue weighted by molar-refractivity contribution is 5.73. The summed E-state index contributed by atoms with van der Waals surface area (Å²) in [6, 6.07) is -0.108. The second kappa shape index (κ2) is 5.47. The minimum Gasteiger partial charge on any atom is -0.480 e. The number of rotatable bonds is 4. The monoisotopic (exact) mass is 215 g/mol. The number of morpholine rings is 1. The molecule has 0 spiro atoms. The van der Waals surface area contributed by atoms with Gasteiger partial charge in [-0.05, 0) is 19.8 Å². The van der Waals surface area contributed by atoms with Crippen molar-refractivity contribution in [3.05, 3.63) is 0 Å². The zero-order valence-electron chi connectivity index (χ0n) is 9.77. The molecule has 1 aliphatic heterocycles. The van der Waals surface area contributed by atoms with Gasteiger partial charge in [0.15, 0.2) is 0 Å². The second-order valence-corrected chi connectivity index (χ2v) is 4.17.